The van der Waals surface area contributed by atoms with Crippen LogP contribution in [0.2, 0.25) is 0 Å². The fourth-order valence-electron chi connectivity index (χ4n) is 7.31. The van der Waals surface area contributed by atoms with Gasteiger partial charge in [-0.15, -0.1) is 0 Å². The minimum Gasteiger partial charge on any atom is -0.491 e. The fourth-order valence-corrected chi connectivity index (χ4v) is 9.70. The molecule has 1 aliphatic heterocycles. The van der Waals surface area contributed by atoms with Crippen molar-refractivity contribution in [2.24, 2.45) is 0 Å². The Morgan fingerprint density at radius 1 is 0.448 bits per heavy atom. The molecule has 12 nitrogen and oxygen atoms in total. The molecular formula is C54H49O12P. The van der Waals surface area contributed by atoms with Gasteiger partial charge in [-0.2, -0.15) is 0 Å². The molecule has 0 spiro atoms. The van der Waals surface area contributed by atoms with Gasteiger partial charge >= 0.3 is 19.3 Å². The second kappa shape index (κ2) is 22.4. The predicted molar refractivity (Wildman–Crippen MR) is 256 cm³/mol. The van der Waals surface area contributed by atoms with E-state index >= 15 is 4.57 Å². The molecule has 1 heterocycles. The normalized spacial score (nSPS) is 13.7. The Morgan fingerprint density at radius 3 is 1.43 bits per heavy atom. The summed E-state index contributed by atoms with van der Waals surface area (Å²) in [5.74, 6) is 0.562. The smallest absolute Gasteiger partial charge is 0.343 e. The molecule has 13 heteroatoms. The van der Waals surface area contributed by atoms with Crippen LogP contribution >= 0.6 is 7.37 Å². The van der Waals surface area contributed by atoms with Crippen LogP contribution in [0, 0.1) is 0 Å². The largest absolute Gasteiger partial charge is 0.491 e. The average molecular weight is 921 g/mol. The maximum Gasteiger partial charge on any atom is 0.343 e. The Labute approximate surface area is 389 Å². The topological polar surface area (TPSA) is 134 Å². The molecule has 0 aromatic heterocycles. The van der Waals surface area contributed by atoms with Crippen molar-refractivity contribution in [2.75, 3.05) is 67.1 Å². The van der Waals surface area contributed by atoms with Gasteiger partial charge in [0.2, 0.25) is 0 Å². The van der Waals surface area contributed by atoms with Crippen molar-refractivity contribution in [3.05, 3.63) is 175 Å². The lowest BCUT2D eigenvalue weighted by Gasteiger charge is -2.29. The SMILES string of the molecule is COCCOCCOc1ccc(-c2ccc(C(=O)Oc3ccc(OC(=O)c4ccc(-c5ccc(OCCOCCOC)cc5)cc4)c(P4(=O)Oc5ccccc5-c5ccccc54)c3)cc2)cc1. The number of rotatable bonds is 21. The highest BCUT2D eigenvalue weighted by molar-refractivity contribution is 7.75. The Morgan fingerprint density at radius 2 is 0.896 bits per heavy atom. The molecule has 0 radical (unpaired) electrons. The molecule has 0 saturated heterocycles. The summed E-state index contributed by atoms with van der Waals surface area (Å²) in [6.45, 7) is 3.80. The third-order valence-electron chi connectivity index (χ3n) is 10.8. The van der Waals surface area contributed by atoms with Gasteiger partial charge in [-0.3, -0.25) is 4.57 Å². The number of ether oxygens (including phenoxy) is 8. The van der Waals surface area contributed by atoms with Crippen molar-refractivity contribution in [2.45, 2.75) is 0 Å². The van der Waals surface area contributed by atoms with Gasteiger partial charge in [-0.05, 0) is 107 Å². The summed E-state index contributed by atoms with van der Waals surface area (Å²) in [5.41, 5.74) is 5.65. The quantitative estimate of drug-likeness (QED) is 0.0294. The van der Waals surface area contributed by atoms with E-state index in [0.29, 0.717) is 86.5 Å². The van der Waals surface area contributed by atoms with Crippen LogP contribution < -0.4 is 34.1 Å². The van der Waals surface area contributed by atoms with Crippen LogP contribution in [-0.4, -0.2) is 79.0 Å². The lowest BCUT2D eigenvalue weighted by Crippen LogP contribution is -2.27. The summed E-state index contributed by atoms with van der Waals surface area (Å²) >= 11 is 0. The molecule has 0 amide bonds. The number of methoxy groups -OCH3 is 2. The number of carbonyl (C=O) groups excluding carboxylic acids is 2. The third kappa shape index (κ3) is 11.5. The van der Waals surface area contributed by atoms with Gasteiger partial charge < -0.3 is 42.4 Å². The lowest BCUT2D eigenvalue weighted by atomic mass is 10.0. The lowest BCUT2D eigenvalue weighted by molar-refractivity contribution is 0.0544. The number of para-hydroxylation sites is 1. The first kappa shape index (κ1) is 46.5. The fraction of sp³-hybridized carbons (Fsp3) is 0.185. The number of esters is 2. The molecule has 0 bridgehead atoms. The van der Waals surface area contributed by atoms with E-state index < -0.39 is 19.3 Å². The van der Waals surface area contributed by atoms with Crippen molar-refractivity contribution in [1.82, 2.24) is 0 Å². The first-order chi connectivity index (χ1) is 32.8. The van der Waals surface area contributed by atoms with E-state index in [0.717, 1.165) is 27.8 Å². The van der Waals surface area contributed by atoms with Crippen molar-refractivity contribution in [1.29, 1.82) is 0 Å². The second-order valence-electron chi connectivity index (χ2n) is 15.2. The zero-order chi connectivity index (χ0) is 46.4. The maximum absolute atomic E-state index is 15.5. The highest BCUT2D eigenvalue weighted by Crippen LogP contribution is 2.55. The number of hydrogen-bond donors (Lipinski definition) is 0. The van der Waals surface area contributed by atoms with Crippen LogP contribution in [0.25, 0.3) is 33.4 Å². The number of fused-ring (bicyclic) bond motifs is 3. The number of hydrogen-bond acceptors (Lipinski definition) is 12. The van der Waals surface area contributed by atoms with Gasteiger partial charge in [0.05, 0.1) is 61.4 Å². The van der Waals surface area contributed by atoms with E-state index in [9.17, 15) is 9.59 Å². The summed E-state index contributed by atoms with van der Waals surface area (Å²) in [7, 11) is -0.795. The Hall–Kier alpha value is -7.05. The minimum absolute atomic E-state index is 0.0118. The van der Waals surface area contributed by atoms with Crippen LogP contribution in [0.15, 0.2) is 164 Å². The molecule has 342 valence electrons. The summed E-state index contributed by atoms with van der Waals surface area (Å²) in [5, 5.41) is 0.461. The van der Waals surface area contributed by atoms with Gasteiger partial charge in [0.15, 0.2) is 0 Å². The standard InChI is InChI=1S/C54H49O12P/c1-58-29-31-60-33-35-62-44-23-19-40(20-24-44)38-11-15-42(16-12-38)53(55)64-46-27-28-50(52(37-46)67(57)51-10-6-4-8-48(51)47-7-3-5-9-49(47)66-67)65-54(56)43-17-13-39(14-18-43)41-21-25-45(26-22-41)63-36-34-61-32-30-59-2/h3-28,37H,29-36H2,1-2H3. The number of benzene rings is 7. The van der Waals surface area contributed by atoms with Gasteiger partial charge in [0.25, 0.3) is 0 Å². The highest BCUT2D eigenvalue weighted by atomic mass is 31.2. The number of carbonyl (C=O) groups is 2. The van der Waals surface area contributed by atoms with E-state index in [1.807, 2.05) is 97.1 Å². The third-order valence-corrected chi connectivity index (χ3v) is 13.2. The van der Waals surface area contributed by atoms with Crippen molar-refractivity contribution in [3.63, 3.8) is 0 Å². The van der Waals surface area contributed by atoms with Crippen LogP contribution in [0.4, 0.5) is 0 Å². The molecule has 1 unspecified atom stereocenters. The summed E-state index contributed by atoms with van der Waals surface area (Å²) in [6.07, 6.45) is 0. The van der Waals surface area contributed by atoms with E-state index in [1.54, 1.807) is 62.8 Å². The molecule has 8 rings (SSSR count). The van der Waals surface area contributed by atoms with Crippen LogP contribution in [-0.2, 0) is 23.5 Å². The molecule has 7 aromatic carbocycles. The van der Waals surface area contributed by atoms with Gasteiger partial charge in [0, 0.05) is 19.8 Å². The molecular weight excluding hydrogens is 872 g/mol. The van der Waals surface area contributed by atoms with E-state index in [-0.39, 0.29) is 22.4 Å². The van der Waals surface area contributed by atoms with Crippen molar-refractivity contribution < 1.29 is 56.6 Å². The Balaban J connectivity index is 0.991. The van der Waals surface area contributed by atoms with Crippen molar-refractivity contribution >= 4 is 29.9 Å². The summed E-state index contributed by atoms with van der Waals surface area (Å²) in [6, 6.07) is 48.2. The highest BCUT2D eigenvalue weighted by Gasteiger charge is 2.41. The summed E-state index contributed by atoms with van der Waals surface area (Å²) < 4.78 is 66.3. The monoisotopic (exact) mass is 920 g/mol. The Kier molecular flexibility index (Phi) is 15.6. The molecule has 0 aliphatic carbocycles. The second-order valence-corrected chi connectivity index (χ2v) is 17.4. The molecule has 0 fully saturated rings. The van der Waals surface area contributed by atoms with Gasteiger partial charge in [-0.1, -0.05) is 84.9 Å². The Bertz CT molecular complexity index is 2810. The van der Waals surface area contributed by atoms with Crippen molar-refractivity contribution in [3.8, 4) is 62.1 Å². The molecule has 0 saturated carbocycles. The molecule has 67 heavy (non-hydrogen) atoms. The molecule has 7 aromatic rings. The average Bonchev–Trinajstić information content (AvgIpc) is 3.37. The van der Waals surface area contributed by atoms with E-state index in [4.69, 9.17) is 42.4 Å². The van der Waals surface area contributed by atoms with Gasteiger partial charge in [0.1, 0.15) is 42.0 Å². The molecule has 1 aliphatic rings. The van der Waals surface area contributed by atoms with Crippen LogP contribution in [0.3, 0.4) is 0 Å². The maximum atomic E-state index is 15.5. The first-order valence-electron chi connectivity index (χ1n) is 21.7. The zero-order valence-corrected chi connectivity index (χ0v) is 38.0. The minimum atomic E-state index is -4.05. The van der Waals surface area contributed by atoms with E-state index in [1.165, 1.54) is 18.2 Å². The predicted octanol–water partition coefficient (Wildman–Crippen LogP) is 9.83. The molecule has 0 N–H and O–H groups in total. The first-order valence-corrected chi connectivity index (χ1v) is 23.3. The summed E-state index contributed by atoms with van der Waals surface area (Å²) in [4.78, 5) is 27.5. The molecule has 1 atom stereocenters. The zero-order valence-electron chi connectivity index (χ0n) is 37.1. The van der Waals surface area contributed by atoms with E-state index in [2.05, 4.69) is 0 Å². The van der Waals surface area contributed by atoms with Crippen LogP contribution in [0.5, 0.6) is 28.7 Å². The van der Waals surface area contributed by atoms with Crippen LogP contribution in [0.1, 0.15) is 20.7 Å². The van der Waals surface area contributed by atoms with Gasteiger partial charge in [-0.25, -0.2) is 9.59 Å².